The molecule has 0 unspecified atom stereocenters. The molecule has 5 heteroatoms. The van der Waals surface area contributed by atoms with Crippen molar-refractivity contribution in [3.63, 3.8) is 0 Å². The molecule has 0 saturated carbocycles. The van der Waals surface area contributed by atoms with Crippen molar-refractivity contribution in [3.8, 4) is 11.3 Å². The Kier molecular flexibility index (Phi) is 6.32. The predicted octanol–water partition coefficient (Wildman–Crippen LogP) is 4.06. The molecule has 1 amide bonds. The molecular formula is C18H23FN2O2. The van der Waals surface area contributed by atoms with Gasteiger partial charge >= 0.3 is 0 Å². The molecule has 124 valence electrons. The van der Waals surface area contributed by atoms with Crippen molar-refractivity contribution in [1.29, 1.82) is 0 Å². The maximum Gasteiger partial charge on any atom is 0.223 e. The molecule has 23 heavy (non-hydrogen) atoms. The highest BCUT2D eigenvalue weighted by Gasteiger charge is 2.14. The predicted molar refractivity (Wildman–Crippen MR) is 87.4 cm³/mol. The highest BCUT2D eigenvalue weighted by molar-refractivity contribution is 5.76. The summed E-state index contributed by atoms with van der Waals surface area (Å²) >= 11 is 0. The molecule has 0 spiro atoms. The maximum atomic E-state index is 13.7. The fourth-order valence-corrected chi connectivity index (χ4v) is 2.39. The van der Waals surface area contributed by atoms with Crippen LogP contribution in [0.5, 0.6) is 0 Å². The average molecular weight is 318 g/mol. The monoisotopic (exact) mass is 318 g/mol. The van der Waals surface area contributed by atoms with E-state index in [0.717, 1.165) is 19.4 Å². The van der Waals surface area contributed by atoms with Crippen LogP contribution >= 0.6 is 0 Å². The Balaban J connectivity index is 1.94. The van der Waals surface area contributed by atoms with Gasteiger partial charge in [-0.25, -0.2) is 9.37 Å². The van der Waals surface area contributed by atoms with Crippen LogP contribution in [0, 0.1) is 5.82 Å². The third kappa shape index (κ3) is 4.65. The Morgan fingerprint density at radius 1 is 1.30 bits per heavy atom. The summed E-state index contributed by atoms with van der Waals surface area (Å²) < 4.78 is 19.3. The minimum atomic E-state index is -0.344. The summed E-state index contributed by atoms with van der Waals surface area (Å²) in [6.45, 7) is 5.59. The first kappa shape index (κ1) is 17.2. The van der Waals surface area contributed by atoms with Gasteiger partial charge in [0.2, 0.25) is 5.91 Å². The van der Waals surface area contributed by atoms with E-state index in [0.29, 0.717) is 36.6 Å². The van der Waals surface area contributed by atoms with Gasteiger partial charge in [0.1, 0.15) is 5.82 Å². The van der Waals surface area contributed by atoms with Crippen LogP contribution in [0.3, 0.4) is 0 Å². The summed E-state index contributed by atoms with van der Waals surface area (Å²) in [4.78, 5) is 18.2. The molecule has 0 atom stereocenters. The molecule has 1 heterocycles. The number of unbranched alkanes of at least 4 members (excludes halogenated alkanes) is 1. The van der Waals surface area contributed by atoms with Crippen LogP contribution in [-0.4, -0.2) is 28.9 Å². The molecule has 0 bridgehead atoms. The number of carbonyl (C=O) groups excluding carboxylic acids is 1. The summed E-state index contributed by atoms with van der Waals surface area (Å²) in [5.74, 6) is 0.613. The molecule has 1 aromatic carbocycles. The topological polar surface area (TPSA) is 46.3 Å². The second-order valence-electron chi connectivity index (χ2n) is 5.43. The normalized spacial score (nSPS) is 10.7. The third-order valence-electron chi connectivity index (χ3n) is 3.76. The lowest BCUT2D eigenvalue weighted by Crippen LogP contribution is -2.31. The van der Waals surface area contributed by atoms with Gasteiger partial charge in [0, 0.05) is 25.9 Å². The zero-order valence-electron chi connectivity index (χ0n) is 13.7. The van der Waals surface area contributed by atoms with Crippen LogP contribution < -0.4 is 0 Å². The lowest BCUT2D eigenvalue weighted by Gasteiger charge is -2.20. The molecule has 0 aliphatic rings. The average Bonchev–Trinajstić information content (AvgIpc) is 3.03. The highest BCUT2D eigenvalue weighted by atomic mass is 19.1. The fourth-order valence-electron chi connectivity index (χ4n) is 2.39. The lowest BCUT2D eigenvalue weighted by molar-refractivity contribution is -0.131. The number of carbonyl (C=O) groups is 1. The second kappa shape index (κ2) is 8.46. The molecule has 0 saturated heterocycles. The molecule has 2 aromatic rings. The van der Waals surface area contributed by atoms with E-state index in [1.54, 1.807) is 18.2 Å². The van der Waals surface area contributed by atoms with Crippen molar-refractivity contribution in [2.75, 3.05) is 13.1 Å². The van der Waals surface area contributed by atoms with E-state index < -0.39 is 0 Å². The van der Waals surface area contributed by atoms with Crippen molar-refractivity contribution in [2.45, 2.75) is 39.5 Å². The fraction of sp³-hybridized carbons (Fsp3) is 0.444. The van der Waals surface area contributed by atoms with Gasteiger partial charge in [0.25, 0.3) is 0 Å². The van der Waals surface area contributed by atoms with Gasteiger partial charge in [-0.05, 0) is 25.5 Å². The number of aromatic nitrogens is 1. The molecule has 1 aromatic heterocycles. The molecule has 0 aliphatic heterocycles. The van der Waals surface area contributed by atoms with E-state index in [1.807, 2.05) is 11.8 Å². The van der Waals surface area contributed by atoms with Crippen LogP contribution in [0.15, 0.2) is 34.9 Å². The lowest BCUT2D eigenvalue weighted by atomic mass is 10.2. The van der Waals surface area contributed by atoms with E-state index in [2.05, 4.69) is 11.9 Å². The van der Waals surface area contributed by atoms with Gasteiger partial charge in [-0.2, -0.15) is 0 Å². The zero-order chi connectivity index (χ0) is 16.7. The van der Waals surface area contributed by atoms with Gasteiger partial charge in [-0.1, -0.05) is 25.5 Å². The largest absolute Gasteiger partial charge is 0.441 e. The van der Waals surface area contributed by atoms with Gasteiger partial charge in [0.15, 0.2) is 11.7 Å². The molecule has 0 fully saturated rings. The Labute approximate surface area is 136 Å². The van der Waals surface area contributed by atoms with E-state index in [4.69, 9.17) is 4.42 Å². The van der Waals surface area contributed by atoms with E-state index in [1.165, 1.54) is 12.3 Å². The van der Waals surface area contributed by atoms with Crippen LogP contribution in [0.1, 0.15) is 39.0 Å². The van der Waals surface area contributed by atoms with E-state index in [9.17, 15) is 9.18 Å². The Hall–Kier alpha value is -2.17. The van der Waals surface area contributed by atoms with Crippen LogP contribution in [0.4, 0.5) is 4.39 Å². The van der Waals surface area contributed by atoms with Gasteiger partial charge in [0.05, 0.1) is 11.8 Å². The van der Waals surface area contributed by atoms with Crippen molar-refractivity contribution >= 4 is 5.91 Å². The smallest absolute Gasteiger partial charge is 0.223 e. The number of hydrogen-bond acceptors (Lipinski definition) is 3. The summed E-state index contributed by atoms with van der Waals surface area (Å²) in [6, 6.07) is 6.41. The van der Waals surface area contributed by atoms with Crippen molar-refractivity contribution in [3.05, 3.63) is 42.2 Å². The minimum absolute atomic E-state index is 0.103. The molecular weight excluding hydrogens is 295 g/mol. The first-order valence-electron chi connectivity index (χ1n) is 8.13. The molecule has 0 aliphatic carbocycles. The van der Waals surface area contributed by atoms with Crippen molar-refractivity contribution in [2.24, 2.45) is 0 Å². The van der Waals surface area contributed by atoms with Gasteiger partial charge < -0.3 is 9.32 Å². The first-order valence-corrected chi connectivity index (χ1v) is 8.13. The standard InChI is InChI=1S/C18H23FN2O2/c1-3-5-12-21(4-2)18(22)11-10-17-20-13-16(23-17)14-8-6-7-9-15(14)19/h6-9,13H,3-5,10-12H2,1-2H3. The first-order chi connectivity index (χ1) is 11.2. The minimum Gasteiger partial charge on any atom is -0.441 e. The van der Waals surface area contributed by atoms with Gasteiger partial charge in [-0.15, -0.1) is 0 Å². The number of hydrogen-bond donors (Lipinski definition) is 0. The zero-order valence-corrected chi connectivity index (χ0v) is 13.7. The Morgan fingerprint density at radius 3 is 2.78 bits per heavy atom. The quantitative estimate of drug-likeness (QED) is 0.737. The summed E-state index contributed by atoms with van der Waals surface area (Å²) in [7, 11) is 0. The SMILES string of the molecule is CCCCN(CC)C(=O)CCc1ncc(-c2ccccc2F)o1. The van der Waals surface area contributed by atoms with Crippen LogP contribution in [-0.2, 0) is 11.2 Å². The molecule has 4 nitrogen and oxygen atoms in total. The Morgan fingerprint density at radius 2 is 2.09 bits per heavy atom. The highest BCUT2D eigenvalue weighted by Crippen LogP contribution is 2.23. The number of aryl methyl sites for hydroxylation is 1. The van der Waals surface area contributed by atoms with Gasteiger partial charge in [-0.3, -0.25) is 4.79 Å². The third-order valence-corrected chi connectivity index (χ3v) is 3.76. The molecule has 0 radical (unpaired) electrons. The van der Waals surface area contributed by atoms with Crippen molar-refractivity contribution < 1.29 is 13.6 Å². The number of nitrogens with zero attached hydrogens (tertiary/aromatic N) is 2. The molecule has 0 N–H and O–H groups in total. The van der Waals surface area contributed by atoms with Crippen molar-refractivity contribution in [1.82, 2.24) is 9.88 Å². The number of rotatable bonds is 8. The summed E-state index contributed by atoms with van der Waals surface area (Å²) in [6.07, 6.45) is 4.36. The second-order valence-corrected chi connectivity index (χ2v) is 5.43. The maximum absolute atomic E-state index is 13.7. The van der Waals surface area contributed by atoms with Crippen LogP contribution in [0.25, 0.3) is 11.3 Å². The molecule has 2 rings (SSSR count). The number of oxazole rings is 1. The van der Waals surface area contributed by atoms with Crippen LogP contribution in [0.2, 0.25) is 0 Å². The summed E-state index contributed by atoms with van der Waals surface area (Å²) in [5, 5.41) is 0. The number of amides is 1. The number of benzene rings is 1. The van der Waals surface area contributed by atoms with E-state index >= 15 is 0 Å². The number of halogens is 1. The summed E-state index contributed by atoms with van der Waals surface area (Å²) in [5.41, 5.74) is 0.385. The Bertz CT molecular complexity index is 639. The van der Waals surface area contributed by atoms with E-state index in [-0.39, 0.29) is 11.7 Å².